The smallest absolute Gasteiger partial charge is 0.155 e. The highest BCUT2D eigenvalue weighted by Crippen LogP contribution is 2.30. The second-order valence-corrected chi connectivity index (χ2v) is 11.4. The summed E-state index contributed by atoms with van der Waals surface area (Å²) < 4.78 is 44.2. The van der Waals surface area contributed by atoms with Gasteiger partial charge in [-0.1, -0.05) is 0 Å². The van der Waals surface area contributed by atoms with Gasteiger partial charge in [0.25, 0.3) is 0 Å². The highest BCUT2D eigenvalue weighted by Gasteiger charge is 2.37. The molecule has 110 valence electrons. The summed E-state index contributed by atoms with van der Waals surface area (Å²) >= 11 is 0. The lowest BCUT2D eigenvalue weighted by Crippen LogP contribution is -2.23. The van der Waals surface area contributed by atoms with Crippen molar-refractivity contribution >= 4 is 19.7 Å². The molecule has 0 aromatic heterocycles. The summed E-state index contributed by atoms with van der Waals surface area (Å²) in [5.74, 6) is 0. The number of rotatable bonds is 4. The molecule has 0 bridgehead atoms. The summed E-state index contributed by atoms with van der Waals surface area (Å²) in [6.45, 7) is 10.3. The average molecular weight is 298 g/mol. The van der Waals surface area contributed by atoms with Gasteiger partial charge in [0.15, 0.2) is 19.7 Å². The van der Waals surface area contributed by atoms with Gasteiger partial charge >= 0.3 is 0 Å². The summed E-state index contributed by atoms with van der Waals surface area (Å²) in [5.41, 5.74) is 0. The van der Waals surface area contributed by atoms with Crippen molar-refractivity contribution < 1.29 is 16.8 Å². The van der Waals surface area contributed by atoms with Gasteiger partial charge in [-0.2, -0.15) is 0 Å². The monoisotopic (exact) mass is 298 g/mol. The first-order valence-corrected chi connectivity index (χ1v) is 9.61. The maximum absolute atomic E-state index is 11.1. The van der Waals surface area contributed by atoms with E-state index in [9.17, 15) is 16.8 Å². The van der Waals surface area contributed by atoms with Gasteiger partial charge < -0.3 is 0 Å². The van der Waals surface area contributed by atoms with Crippen LogP contribution in [-0.2, 0) is 19.7 Å². The number of hydrogen-bond acceptors (Lipinski definition) is 4. The van der Waals surface area contributed by atoms with Crippen LogP contribution in [0.1, 0.15) is 54.4 Å². The minimum atomic E-state index is -2.81. The van der Waals surface area contributed by atoms with E-state index in [1.807, 2.05) is 0 Å². The Kier molecular flexibility index (Phi) is 6.33. The molecule has 0 aromatic carbocycles. The van der Waals surface area contributed by atoms with E-state index in [1.165, 1.54) is 0 Å². The summed E-state index contributed by atoms with van der Waals surface area (Å²) in [7, 11) is -5.52. The lowest BCUT2D eigenvalue weighted by Gasteiger charge is -2.09. The van der Waals surface area contributed by atoms with Crippen LogP contribution in [0.5, 0.6) is 0 Å². The van der Waals surface area contributed by atoms with Crippen molar-refractivity contribution in [3.05, 3.63) is 0 Å². The third kappa shape index (κ3) is 4.88. The van der Waals surface area contributed by atoms with Gasteiger partial charge in [-0.05, 0) is 54.4 Å². The molecule has 0 aliphatic heterocycles. The molecule has 6 heteroatoms. The molecule has 0 spiro atoms. The maximum Gasteiger partial charge on any atom is 0.155 e. The van der Waals surface area contributed by atoms with E-state index in [2.05, 4.69) is 0 Å². The Morgan fingerprint density at radius 3 is 1.11 bits per heavy atom. The summed E-state index contributed by atoms with van der Waals surface area (Å²) in [6, 6.07) is 0. The van der Waals surface area contributed by atoms with E-state index in [0.29, 0.717) is 0 Å². The van der Waals surface area contributed by atoms with E-state index in [4.69, 9.17) is 0 Å². The highest BCUT2D eigenvalue weighted by molar-refractivity contribution is 7.93. The second-order valence-electron chi connectivity index (χ2n) is 5.52. The van der Waals surface area contributed by atoms with Crippen molar-refractivity contribution in [1.29, 1.82) is 0 Å². The van der Waals surface area contributed by atoms with Crippen LogP contribution in [0.15, 0.2) is 0 Å². The first-order chi connectivity index (χ1) is 7.94. The highest BCUT2D eigenvalue weighted by atomic mass is 32.2. The van der Waals surface area contributed by atoms with Gasteiger partial charge in [0, 0.05) is 0 Å². The van der Waals surface area contributed by atoms with Crippen LogP contribution in [-0.4, -0.2) is 37.8 Å². The molecule has 1 aliphatic rings. The zero-order valence-corrected chi connectivity index (χ0v) is 13.8. The molecule has 0 radical (unpaired) electrons. The quantitative estimate of drug-likeness (QED) is 0.798. The number of hydrogen-bond donors (Lipinski definition) is 0. The normalized spacial score (nSPS) is 16.9. The van der Waals surface area contributed by atoms with Gasteiger partial charge in [-0.15, -0.1) is 0 Å². The van der Waals surface area contributed by atoms with E-state index >= 15 is 0 Å². The predicted octanol–water partition coefficient (Wildman–Crippen LogP) is 2.19. The molecular weight excluding hydrogens is 272 g/mol. The molecule has 0 N–H and O–H groups in total. The van der Waals surface area contributed by atoms with Gasteiger partial charge in [-0.3, -0.25) is 0 Å². The largest absolute Gasteiger partial charge is 0.228 e. The van der Waals surface area contributed by atoms with Crippen LogP contribution in [0.2, 0.25) is 0 Å². The Morgan fingerprint density at radius 2 is 1.06 bits per heavy atom. The minimum absolute atomic E-state index is 0.0116. The summed E-state index contributed by atoms with van der Waals surface area (Å²) in [5, 5.41) is -0.641. The molecule has 0 saturated heterocycles. The van der Waals surface area contributed by atoms with Crippen LogP contribution < -0.4 is 0 Å². The third-order valence-corrected chi connectivity index (χ3v) is 8.30. The van der Waals surface area contributed by atoms with Gasteiger partial charge in [0.1, 0.15) is 0 Å². The van der Waals surface area contributed by atoms with Crippen LogP contribution >= 0.6 is 0 Å². The molecule has 0 atom stereocenters. The van der Waals surface area contributed by atoms with Crippen molar-refractivity contribution in [2.45, 2.75) is 75.4 Å². The SMILES string of the molecule is CC(C)S(=O)(=O)C(C)C.CC(C)S(=O)(=O)C1CC1. The van der Waals surface area contributed by atoms with Crippen LogP contribution in [0.3, 0.4) is 0 Å². The Bertz CT molecular complexity index is 380. The lowest BCUT2D eigenvalue weighted by molar-refractivity contribution is 0.578. The summed E-state index contributed by atoms with van der Waals surface area (Å²) in [6.07, 6.45) is 1.78. The zero-order chi connectivity index (χ0) is 14.7. The zero-order valence-electron chi connectivity index (χ0n) is 12.2. The van der Waals surface area contributed by atoms with E-state index in [0.717, 1.165) is 12.8 Å². The molecule has 0 aromatic rings. The van der Waals surface area contributed by atoms with Crippen LogP contribution in [0.4, 0.5) is 0 Å². The standard InChI is InChI=1S/C6H12O2S.C6H14O2S/c1-5(2)9(7,8)6-3-4-6;1-5(2)9(7,8)6(3)4/h5-6H,3-4H2,1-2H3;5-6H,1-4H3. The average Bonchev–Trinajstić information content (AvgIpc) is 3.00. The molecule has 1 saturated carbocycles. The van der Waals surface area contributed by atoms with Crippen molar-refractivity contribution in [2.75, 3.05) is 0 Å². The Hall–Kier alpha value is -0.100. The van der Waals surface area contributed by atoms with Gasteiger partial charge in [0.2, 0.25) is 0 Å². The van der Waals surface area contributed by atoms with Gasteiger partial charge in [-0.25, -0.2) is 16.8 Å². The molecule has 4 nitrogen and oxygen atoms in total. The molecule has 0 heterocycles. The van der Waals surface area contributed by atoms with Crippen molar-refractivity contribution in [3.8, 4) is 0 Å². The topological polar surface area (TPSA) is 68.3 Å². The first kappa shape index (κ1) is 17.9. The fraction of sp³-hybridized carbons (Fsp3) is 1.00. The molecule has 1 rings (SSSR count). The van der Waals surface area contributed by atoms with E-state index in [-0.39, 0.29) is 21.0 Å². The van der Waals surface area contributed by atoms with Crippen molar-refractivity contribution in [3.63, 3.8) is 0 Å². The lowest BCUT2D eigenvalue weighted by atomic mass is 10.5. The van der Waals surface area contributed by atoms with Crippen molar-refractivity contribution in [2.24, 2.45) is 0 Å². The minimum Gasteiger partial charge on any atom is -0.228 e. The van der Waals surface area contributed by atoms with E-state index < -0.39 is 19.7 Å². The predicted molar refractivity (Wildman–Crippen MR) is 76.3 cm³/mol. The van der Waals surface area contributed by atoms with Crippen molar-refractivity contribution in [1.82, 2.24) is 0 Å². The Morgan fingerprint density at radius 1 is 0.722 bits per heavy atom. The third-order valence-electron chi connectivity index (χ3n) is 2.96. The molecule has 18 heavy (non-hydrogen) atoms. The fourth-order valence-electron chi connectivity index (χ4n) is 1.33. The van der Waals surface area contributed by atoms with Gasteiger partial charge in [0.05, 0.1) is 21.0 Å². The second kappa shape index (κ2) is 6.37. The van der Waals surface area contributed by atoms with Crippen LogP contribution in [0.25, 0.3) is 0 Å². The first-order valence-electron chi connectivity index (χ1n) is 6.39. The van der Waals surface area contributed by atoms with Crippen LogP contribution in [0, 0.1) is 0 Å². The molecule has 1 aliphatic carbocycles. The summed E-state index contributed by atoms with van der Waals surface area (Å²) in [4.78, 5) is 0. The molecule has 1 fully saturated rings. The fourth-order valence-corrected chi connectivity index (χ4v) is 3.98. The molecular formula is C12H26O4S2. The maximum atomic E-state index is 11.1. The Labute approximate surface area is 112 Å². The molecule has 0 amide bonds. The Balaban J connectivity index is 0.000000321. The molecule has 0 unspecified atom stereocenters. The number of sulfone groups is 2. The van der Waals surface area contributed by atoms with E-state index in [1.54, 1.807) is 41.5 Å².